The maximum Gasteiger partial charge on any atom is 0.213 e. The molecule has 1 heterocycles. The average molecular weight is 460 g/mol. The summed E-state index contributed by atoms with van der Waals surface area (Å²) in [5.74, 6) is 1.14. The summed E-state index contributed by atoms with van der Waals surface area (Å²) >= 11 is 3.61. The lowest BCUT2D eigenvalue weighted by molar-refractivity contribution is 0.241. The molecule has 0 amide bonds. The number of benzene rings is 3. The molecule has 5 nitrogen and oxygen atoms in total. The zero-order chi connectivity index (χ0) is 19.9. The van der Waals surface area contributed by atoms with Crippen molar-refractivity contribution in [1.82, 2.24) is 0 Å². The number of hydrogen-bond acceptors (Lipinski definition) is 4. The second kappa shape index (κ2) is 7.24. The minimum atomic E-state index is -3.68. The van der Waals surface area contributed by atoms with Gasteiger partial charge in [-0.15, -0.1) is 0 Å². The lowest BCUT2D eigenvalue weighted by Crippen LogP contribution is -2.19. The molecule has 0 aromatic heterocycles. The van der Waals surface area contributed by atoms with E-state index in [0.717, 1.165) is 22.3 Å². The fourth-order valence-electron chi connectivity index (χ4n) is 3.53. The number of sulfonamides is 1. The van der Waals surface area contributed by atoms with Gasteiger partial charge in [-0.05, 0) is 28.8 Å². The van der Waals surface area contributed by atoms with Crippen LogP contribution >= 0.6 is 15.9 Å². The van der Waals surface area contributed by atoms with Crippen molar-refractivity contribution >= 4 is 26.0 Å². The van der Waals surface area contributed by atoms with Gasteiger partial charge in [0.2, 0.25) is 10.0 Å². The molecule has 4 rings (SSSR count). The second-order valence-electron chi connectivity index (χ2n) is 6.55. The van der Waals surface area contributed by atoms with E-state index in [9.17, 15) is 8.42 Å². The highest BCUT2D eigenvalue weighted by atomic mass is 79.9. The summed E-state index contributed by atoms with van der Waals surface area (Å²) in [6.45, 7) is 0. The fraction of sp³-hybridized carbons (Fsp3) is 0.143. The van der Waals surface area contributed by atoms with E-state index in [0.29, 0.717) is 21.5 Å². The van der Waals surface area contributed by atoms with Crippen molar-refractivity contribution in [2.45, 2.75) is 11.9 Å². The molecule has 0 aliphatic carbocycles. The Bertz CT molecular complexity index is 1150. The number of primary sulfonamides is 1. The van der Waals surface area contributed by atoms with Crippen LogP contribution in [0.3, 0.4) is 0 Å². The largest absolute Gasteiger partial charge is 0.496 e. The predicted molar refractivity (Wildman–Crippen MR) is 112 cm³/mol. The standard InChI is InChI=1S/C21H18BrNO4S/c1-26-16-8-5-9-17-18(16)15-11-10-14(12-28(23,24)25)20(22)19(15)21(27-17)13-6-3-2-4-7-13/h2-11,21H,12H2,1H3,(H2,23,24,25). The maximum absolute atomic E-state index is 11.7. The highest BCUT2D eigenvalue weighted by molar-refractivity contribution is 9.10. The maximum atomic E-state index is 11.7. The number of halogens is 1. The molecule has 7 heteroatoms. The predicted octanol–water partition coefficient (Wildman–Crippen LogP) is 4.40. The fourth-order valence-corrected chi connectivity index (χ4v) is 5.09. The number of ether oxygens (including phenoxy) is 2. The van der Waals surface area contributed by atoms with Gasteiger partial charge in [-0.3, -0.25) is 0 Å². The zero-order valence-corrected chi connectivity index (χ0v) is 17.5. The van der Waals surface area contributed by atoms with Gasteiger partial charge in [-0.2, -0.15) is 0 Å². The van der Waals surface area contributed by atoms with Crippen LogP contribution in [-0.4, -0.2) is 15.5 Å². The van der Waals surface area contributed by atoms with Crippen molar-refractivity contribution in [1.29, 1.82) is 0 Å². The molecule has 1 aliphatic rings. The zero-order valence-electron chi connectivity index (χ0n) is 15.1. The van der Waals surface area contributed by atoms with E-state index in [1.807, 2.05) is 54.6 Å². The van der Waals surface area contributed by atoms with Crippen molar-refractivity contribution in [2.75, 3.05) is 7.11 Å². The van der Waals surface area contributed by atoms with Crippen LogP contribution in [0.5, 0.6) is 11.5 Å². The molecule has 0 bridgehead atoms. The lowest BCUT2D eigenvalue weighted by Gasteiger charge is -2.31. The molecule has 2 N–H and O–H groups in total. The van der Waals surface area contributed by atoms with Gasteiger partial charge in [0, 0.05) is 10.0 Å². The molecule has 28 heavy (non-hydrogen) atoms. The van der Waals surface area contributed by atoms with E-state index in [2.05, 4.69) is 15.9 Å². The van der Waals surface area contributed by atoms with Crippen molar-refractivity contribution in [3.05, 3.63) is 81.8 Å². The van der Waals surface area contributed by atoms with E-state index in [1.54, 1.807) is 13.2 Å². The topological polar surface area (TPSA) is 78.6 Å². The van der Waals surface area contributed by atoms with Crippen molar-refractivity contribution in [3.63, 3.8) is 0 Å². The summed E-state index contributed by atoms with van der Waals surface area (Å²) in [7, 11) is -2.06. The Balaban J connectivity index is 1.99. The third kappa shape index (κ3) is 3.41. The van der Waals surface area contributed by atoms with E-state index >= 15 is 0 Å². The number of fused-ring (bicyclic) bond motifs is 3. The van der Waals surface area contributed by atoms with Gasteiger partial charge >= 0.3 is 0 Å². The Kier molecular flexibility index (Phi) is 4.91. The van der Waals surface area contributed by atoms with Crippen molar-refractivity contribution < 1.29 is 17.9 Å². The number of nitrogens with two attached hydrogens (primary N) is 1. The molecule has 3 aromatic carbocycles. The molecule has 0 saturated heterocycles. The first-order valence-corrected chi connectivity index (χ1v) is 11.1. The third-order valence-electron chi connectivity index (χ3n) is 4.70. The minimum Gasteiger partial charge on any atom is -0.496 e. The number of hydrogen-bond donors (Lipinski definition) is 1. The highest BCUT2D eigenvalue weighted by Crippen LogP contribution is 2.51. The molecule has 0 fully saturated rings. The molecule has 144 valence electrons. The Morgan fingerprint density at radius 2 is 1.82 bits per heavy atom. The van der Waals surface area contributed by atoms with Gasteiger partial charge in [0.05, 0.1) is 18.4 Å². The van der Waals surface area contributed by atoms with E-state index < -0.39 is 16.1 Å². The van der Waals surface area contributed by atoms with Crippen molar-refractivity contribution in [2.24, 2.45) is 5.14 Å². The summed E-state index contributed by atoms with van der Waals surface area (Å²) in [6.07, 6.45) is -0.398. The van der Waals surface area contributed by atoms with Crippen LogP contribution in [0.25, 0.3) is 11.1 Å². The summed E-state index contributed by atoms with van der Waals surface area (Å²) < 4.78 is 35.9. The normalized spacial score (nSPS) is 15.3. The molecule has 3 aromatic rings. The minimum absolute atomic E-state index is 0.263. The SMILES string of the molecule is COc1cccc2c1-c1ccc(CS(N)(=O)=O)c(Br)c1C(c1ccccc1)O2. The van der Waals surface area contributed by atoms with Crippen LogP contribution in [-0.2, 0) is 15.8 Å². The second-order valence-corrected chi connectivity index (χ2v) is 8.96. The monoisotopic (exact) mass is 459 g/mol. The van der Waals surface area contributed by atoms with Gasteiger partial charge in [0.15, 0.2) is 6.10 Å². The van der Waals surface area contributed by atoms with Crippen LogP contribution in [0.1, 0.15) is 22.8 Å². The number of methoxy groups -OCH3 is 1. The Morgan fingerprint density at radius 1 is 1.07 bits per heavy atom. The first kappa shape index (κ1) is 19.0. The van der Waals surface area contributed by atoms with Gasteiger partial charge in [-0.25, -0.2) is 13.6 Å². The first-order valence-electron chi connectivity index (χ1n) is 8.60. The highest BCUT2D eigenvalue weighted by Gasteiger charge is 2.32. The summed E-state index contributed by atoms with van der Waals surface area (Å²) in [4.78, 5) is 0. The van der Waals surface area contributed by atoms with E-state index in [1.165, 1.54) is 0 Å². The molecule has 0 radical (unpaired) electrons. The van der Waals surface area contributed by atoms with Gasteiger partial charge < -0.3 is 9.47 Å². The molecule has 0 saturated carbocycles. The van der Waals surface area contributed by atoms with Crippen LogP contribution in [0, 0.1) is 0 Å². The summed E-state index contributed by atoms with van der Waals surface area (Å²) in [6, 6.07) is 19.1. The van der Waals surface area contributed by atoms with Gasteiger partial charge in [-0.1, -0.05) is 64.5 Å². The first-order chi connectivity index (χ1) is 13.4. The number of rotatable bonds is 4. The van der Waals surface area contributed by atoms with Crippen LogP contribution in [0.15, 0.2) is 65.1 Å². The van der Waals surface area contributed by atoms with Crippen LogP contribution in [0.4, 0.5) is 0 Å². The Labute approximate surface area is 172 Å². The molecule has 1 unspecified atom stereocenters. The van der Waals surface area contributed by atoms with E-state index in [4.69, 9.17) is 14.6 Å². The molecule has 0 spiro atoms. The van der Waals surface area contributed by atoms with Gasteiger partial charge in [0.1, 0.15) is 11.5 Å². The van der Waals surface area contributed by atoms with Crippen molar-refractivity contribution in [3.8, 4) is 22.6 Å². The van der Waals surface area contributed by atoms with Crippen LogP contribution < -0.4 is 14.6 Å². The average Bonchev–Trinajstić information content (AvgIpc) is 2.68. The molecular weight excluding hydrogens is 442 g/mol. The quantitative estimate of drug-likeness (QED) is 0.626. The Morgan fingerprint density at radius 3 is 2.50 bits per heavy atom. The molecular formula is C21H18BrNO4S. The smallest absolute Gasteiger partial charge is 0.213 e. The summed E-state index contributed by atoms with van der Waals surface area (Å²) in [5, 5.41) is 5.28. The van der Waals surface area contributed by atoms with Gasteiger partial charge in [0.25, 0.3) is 0 Å². The molecule has 1 atom stereocenters. The van der Waals surface area contributed by atoms with Crippen LogP contribution in [0.2, 0.25) is 0 Å². The summed E-state index contributed by atoms with van der Waals surface area (Å²) in [5.41, 5.74) is 4.17. The van der Waals surface area contributed by atoms with E-state index in [-0.39, 0.29) is 5.75 Å². The molecule has 1 aliphatic heterocycles. The lowest BCUT2D eigenvalue weighted by atomic mass is 9.88. The third-order valence-corrected chi connectivity index (χ3v) is 6.35. The Hall–Kier alpha value is -2.35.